The highest BCUT2D eigenvalue weighted by Crippen LogP contribution is 2.39. The summed E-state index contributed by atoms with van der Waals surface area (Å²) >= 11 is 0. The number of amides is 1. The van der Waals surface area contributed by atoms with Gasteiger partial charge >= 0.3 is 0 Å². The molecule has 1 saturated carbocycles. The van der Waals surface area contributed by atoms with Gasteiger partial charge in [0.2, 0.25) is 0 Å². The molecule has 0 aromatic heterocycles. The molecule has 0 bridgehead atoms. The van der Waals surface area contributed by atoms with E-state index in [0.717, 1.165) is 29.5 Å². The Morgan fingerprint density at radius 1 is 1.21 bits per heavy atom. The smallest absolute Gasteiger partial charge is 0.255 e. The van der Waals surface area contributed by atoms with Crippen LogP contribution in [-0.2, 0) is 4.79 Å². The maximum Gasteiger partial charge on any atom is 0.255 e. The molecule has 1 aromatic rings. The van der Waals surface area contributed by atoms with E-state index in [2.05, 4.69) is 6.07 Å². The van der Waals surface area contributed by atoms with Crippen LogP contribution in [0.5, 0.6) is 0 Å². The van der Waals surface area contributed by atoms with E-state index in [9.17, 15) is 9.59 Å². The molecule has 1 fully saturated rings. The van der Waals surface area contributed by atoms with Crippen molar-refractivity contribution in [2.45, 2.75) is 37.8 Å². The Balaban J connectivity index is 2.01. The van der Waals surface area contributed by atoms with Crippen molar-refractivity contribution in [1.29, 1.82) is 0 Å². The number of carbonyl (C=O) groups excluding carboxylic acids is 2. The number of carbonyl (C=O) groups is 2. The van der Waals surface area contributed by atoms with Crippen molar-refractivity contribution >= 4 is 11.7 Å². The average Bonchev–Trinajstić information content (AvgIpc) is 2.65. The highest BCUT2D eigenvalue weighted by Gasteiger charge is 2.35. The van der Waals surface area contributed by atoms with Gasteiger partial charge in [0, 0.05) is 31.0 Å². The van der Waals surface area contributed by atoms with Crippen molar-refractivity contribution < 1.29 is 9.59 Å². The second kappa shape index (κ2) is 4.46. The summed E-state index contributed by atoms with van der Waals surface area (Å²) < 4.78 is 0. The maximum atomic E-state index is 12.1. The zero-order valence-corrected chi connectivity index (χ0v) is 11.1. The SMILES string of the molecule is CN1C(=O)c2cccc(C3CCC(=O)CC3)c2C1N. The molecule has 0 saturated heterocycles. The number of hydrogen-bond donors (Lipinski definition) is 1. The predicted molar refractivity (Wildman–Crippen MR) is 71.7 cm³/mol. The summed E-state index contributed by atoms with van der Waals surface area (Å²) in [4.78, 5) is 25.0. The van der Waals surface area contributed by atoms with Crippen LogP contribution < -0.4 is 5.73 Å². The van der Waals surface area contributed by atoms with Crippen LogP contribution >= 0.6 is 0 Å². The highest BCUT2D eigenvalue weighted by molar-refractivity contribution is 5.99. The van der Waals surface area contributed by atoms with Gasteiger partial charge in [0.25, 0.3) is 5.91 Å². The van der Waals surface area contributed by atoms with Crippen molar-refractivity contribution in [1.82, 2.24) is 4.90 Å². The number of nitrogens with two attached hydrogens (primary N) is 1. The third-order valence-electron chi connectivity index (χ3n) is 4.39. The van der Waals surface area contributed by atoms with Crippen LogP contribution in [0.25, 0.3) is 0 Å². The molecule has 4 heteroatoms. The van der Waals surface area contributed by atoms with Crippen LogP contribution in [0.1, 0.15) is 59.3 Å². The molecule has 2 N–H and O–H groups in total. The van der Waals surface area contributed by atoms with Gasteiger partial charge in [-0.05, 0) is 30.4 Å². The number of Topliss-reactive ketones (excluding diaryl/α,β-unsaturated/α-hetero) is 1. The molecule has 1 aliphatic heterocycles. The minimum absolute atomic E-state index is 0.00349. The van der Waals surface area contributed by atoms with Crippen LogP contribution in [0.15, 0.2) is 18.2 Å². The lowest BCUT2D eigenvalue weighted by molar-refractivity contribution is -0.120. The van der Waals surface area contributed by atoms with E-state index >= 15 is 0 Å². The number of fused-ring (bicyclic) bond motifs is 1. The van der Waals surface area contributed by atoms with E-state index in [4.69, 9.17) is 5.73 Å². The number of benzene rings is 1. The lowest BCUT2D eigenvalue weighted by Gasteiger charge is -2.25. The summed E-state index contributed by atoms with van der Waals surface area (Å²) in [5.74, 6) is 0.704. The van der Waals surface area contributed by atoms with Gasteiger partial charge in [-0.1, -0.05) is 12.1 Å². The van der Waals surface area contributed by atoms with E-state index in [0.29, 0.717) is 24.5 Å². The normalized spacial score (nSPS) is 23.9. The van der Waals surface area contributed by atoms with Crippen LogP contribution in [0.3, 0.4) is 0 Å². The van der Waals surface area contributed by atoms with Gasteiger partial charge in [0.05, 0.1) is 0 Å². The second-order valence-corrected chi connectivity index (χ2v) is 5.48. The Kier molecular flexibility index (Phi) is 2.90. The fraction of sp³-hybridized carbons (Fsp3) is 0.467. The molecule has 0 spiro atoms. The molecule has 3 rings (SSSR count). The molecular formula is C15H18N2O2. The van der Waals surface area contributed by atoms with Gasteiger partial charge in [-0.25, -0.2) is 0 Å². The van der Waals surface area contributed by atoms with Gasteiger partial charge in [0.1, 0.15) is 11.9 Å². The fourth-order valence-electron chi connectivity index (χ4n) is 3.22. The van der Waals surface area contributed by atoms with Gasteiger partial charge in [0.15, 0.2) is 0 Å². The van der Waals surface area contributed by atoms with E-state index < -0.39 is 0 Å². The predicted octanol–water partition coefficient (Wildman–Crippen LogP) is 1.96. The monoisotopic (exact) mass is 258 g/mol. The van der Waals surface area contributed by atoms with E-state index in [1.165, 1.54) is 0 Å². The molecule has 1 aliphatic carbocycles. The van der Waals surface area contributed by atoms with Crippen molar-refractivity contribution in [2.24, 2.45) is 5.73 Å². The fourth-order valence-corrected chi connectivity index (χ4v) is 3.22. The number of rotatable bonds is 1. The minimum atomic E-state index is -0.351. The van der Waals surface area contributed by atoms with Crippen molar-refractivity contribution in [3.8, 4) is 0 Å². The Hall–Kier alpha value is -1.68. The molecule has 1 aromatic carbocycles. The summed E-state index contributed by atoms with van der Waals surface area (Å²) in [6.07, 6.45) is 2.69. The highest BCUT2D eigenvalue weighted by atomic mass is 16.2. The molecule has 1 amide bonds. The standard InChI is InChI=1S/C15H18N2O2/c1-17-14(16)13-11(3-2-4-12(13)15(17)19)9-5-7-10(18)8-6-9/h2-4,9,14H,5-8,16H2,1H3. The lowest BCUT2D eigenvalue weighted by atomic mass is 9.80. The largest absolute Gasteiger partial charge is 0.322 e. The van der Waals surface area contributed by atoms with E-state index in [1.54, 1.807) is 11.9 Å². The van der Waals surface area contributed by atoms with Crippen molar-refractivity contribution in [3.05, 3.63) is 34.9 Å². The summed E-state index contributed by atoms with van der Waals surface area (Å²) in [7, 11) is 1.74. The molecule has 1 heterocycles. The molecule has 1 atom stereocenters. The van der Waals surface area contributed by atoms with Crippen molar-refractivity contribution in [2.75, 3.05) is 7.05 Å². The first-order valence-electron chi connectivity index (χ1n) is 6.77. The number of hydrogen-bond acceptors (Lipinski definition) is 3. The first-order valence-corrected chi connectivity index (χ1v) is 6.77. The first kappa shape index (κ1) is 12.4. The molecule has 100 valence electrons. The average molecular weight is 258 g/mol. The van der Waals surface area contributed by atoms with Gasteiger partial charge in [-0.15, -0.1) is 0 Å². The first-order chi connectivity index (χ1) is 9.09. The molecular weight excluding hydrogens is 240 g/mol. The lowest BCUT2D eigenvalue weighted by Crippen LogP contribution is -2.29. The van der Waals surface area contributed by atoms with Crippen LogP contribution in [-0.4, -0.2) is 23.6 Å². The van der Waals surface area contributed by atoms with Crippen molar-refractivity contribution in [3.63, 3.8) is 0 Å². The Morgan fingerprint density at radius 2 is 1.89 bits per heavy atom. The van der Waals surface area contributed by atoms with Crippen LogP contribution in [0.4, 0.5) is 0 Å². The quantitative estimate of drug-likeness (QED) is 0.837. The number of nitrogens with zero attached hydrogens (tertiary/aromatic N) is 1. The van der Waals surface area contributed by atoms with Gasteiger partial charge in [-0.2, -0.15) is 0 Å². The topological polar surface area (TPSA) is 63.4 Å². The summed E-state index contributed by atoms with van der Waals surface area (Å²) in [5, 5.41) is 0. The molecule has 4 nitrogen and oxygen atoms in total. The van der Waals surface area contributed by atoms with Gasteiger partial charge in [-0.3, -0.25) is 9.59 Å². The van der Waals surface area contributed by atoms with Crippen LogP contribution in [0.2, 0.25) is 0 Å². The molecule has 2 aliphatic rings. The molecule has 1 unspecified atom stereocenters. The summed E-state index contributed by atoms with van der Waals surface area (Å²) in [6.45, 7) is 0. The Bertz CT molecular complexity index is 543. The second-order valence-electron chi connectivity index (χ2n) is 5.48. The summed E-state index contributed by atoms with van der Waals surface area (Å²) in [5.41, 5.74) is 9.01. The third kappa shape index (κ3) is 1.87. The third-order valence-corrected chi connectivity index (χ3v) is 4.39. The zero-order valence-electron chi connectivity index (χ0n) is 11.1. The summed E-state index contributed by atoms with van der Waals surface area (Å²) in [6, 6.07) is 5.83. The van der Waals surface area contributed by atoms with Gasteiger partial charge < -0.3 is 10.6 Å². The minimum Gasteiger partial charge on any atom is -0.322 e. The Morgan fingerprint density at radius 3 is 2.58 bits per heavy atom. The molecule has 19 heavy (non-hydrogen) atoms. The van der Waals surface area contributed by atoms with E-state index in [1.807, 2.05) is 12.1 Å². The van der Waals surface area contributed by atoms with E-state index in [-0.39, 0.29) is 12.1 Å². The Labute approximate surface area is 112 Å². The zero-order chi connectivity index (χ0) is 13.6. The maximum absolute atomic E-state index is 12.1. The van der Waals surface area contributed by atoms with Crippen LogP contribution in [0, 0.1) is 0 Å². The number of ketones is 1. The molecule has 0 radical (unpaired) electrons.